The highest BCUT2D eigenvalue weighted by molar-refractivity contribution is 7.91. The Morgan fingerprint density at radius 3 is 2.34 bits per heavy atom. The maximum Gasteiger partial charge on any atom is 0.252 e. The van der Waals surface area contributed by atoms with Gasteiger partial charge in [-0.1, -0.05) is 57.2 Å². The largest absolute Gasteiger partial charge is 0.349 e. The van der Waals surface area contributed by atoms with Crippen molar-refractivity contribution in [3.8, 4) is 0 Å². The molecule has 0 spiro atoms. The molecule has 0 bridgehead atoms. The third-order valence-corrected chi connectivity index (χ3v) is 8.52. The molecule has 158 valence electrons. The molecule has 1 aliphatic heterocycles. The van der Waals surface area contributed by atoms with Crippen LogP contribution in [-0.4, -0.2) is 31.7 Å². The summed E-state index contributed by atoms with van der Waals surface area (Å²) < 4.78 is 27.2. The van der Waals surface area contributed by atoms with E-state index in [1.165, 1.54) is 15.6 Å². The second-order valence-electron chi connectivity index (χ2n) is 8.85. The predicted octanol–water partition coefficient (Wildman–Crippen LogP) is 4.44. The van der Waals surface area contributed by atoms with E-state index in [1.54, 1.807) is 17.5 Å². The Hall–Kier alpha value is -1.70. The molecular weight excluding hydrogens is 404 g/mol. The van der Waals surface area contributed by atoms with Crippen molar-refractivity contribution in [1.29, 1.82) is 0 Å². The minimum absolute atomic E-state index is 0.0243. The standard InChI is InChI=1S/C22H30N2O3S2/c1-22(2,3)16-19(17-8-5-4-6-9-17)23-21(25)18-11-13-24(14-12-18)29(26,27)20-10-7-15-28-20/h4-10,15,18-19H,11-14,16H2,1-3H3,(H,23,25). The van der Waals surface area contributed by atoms with Crippen molar-refractivity contribution in [1.82, 2.24) is 9.62 Å². The zero-order valence-electron chi connectivity index (χ0n) is 17.3. The number of nitrogens with one attached hydrogen (secondary N) is 1. The fraction of sp³-hybridized carbons (Fsp3) is 0.500. The summed E-state index contributed by atoms with van der Waals surface area (Å²) in [6.07, 6.45) is 1.94. The number of amides is 1. The van der Waals surface area contributed by atoms with Gasteiger partial charge in [-0.15, -0.1) is 11.3 Å². The van der Waals surface area contributed by atoms with Crippen LogP contribution in [-0.2, 0) is 14.8 Å². The number of piperidine rings is 1. The Morgan fingerprint density at radius 2 is 1.79 bits per heavy atom. The summed E-state index contributed by atoms with van der Waals surface area (Å²) in [5.41, 5.74) is 1.18. The van der Waals surface area contributed by atoms with Crippen molar-refractivity contribution in [3.05, 3.63) is 53.4 Å². The van der Waals surface area contributed by atoms with Gasteiger partial charge in [0, 0.05) is 19.0 Å². The van der Waals surface area contributed by atoms with Gasteiger partial charge in [0.05, 0.1) is 6.04 Å². The molecule has 29 heavy (non-hydrogen) atoms. The number of hydrogen-bond donors (Lipinski definition) is 1. The minimum atomic E-state index is -3.44. The number of benzene rings is 1. The Kier molecular flexibility index (Phi) is 6.81. The van der Waals surface area contributed by atoms with Crippen LogP contribution < -0.4 is 5.32 Å². The molecule has 5 nitrogen and oxygen atoms in total. The van der Waals surface area contributed by atoms with Gasteiger partial charge in [0.2, 0.25) is 5.91 Å². The molecule has 0 aliphatic carbocycles. The van der Waals surface area contributed by atoms with E-state index in [9.17, 15) is 13.2 Å². The van der Waals surface area contributed by atoms with Gasteiger partial charge >= 0.3 is 0 Å². The lowest BCUT2D eigenvalue weighted by Gasteiger charge is -2.32. The second kappa shape index (κ2) is 8.98. The first kappa shape index (κ1) is 22.0. The lowest BCUT2D eigenvalue weighted by molar-refractivity contribution is -0.127. The van der Waals surface area contributed by atoms with E-state index < -0.39 is 10.0 Å². The quantitative estimate of drug-likeness (QED) is 0.731. The lowest BCUT2D eigenvalue weighted by atomic mass is 9.85. The second-order valence-corrected chi connectivity index (χ2v) is 12.0. The number of carbonyl (C=O) groups is 1. The topological polar surface area (TPSA) is 66.5 Å². The molecule has 1 aromatic carbocycles. The van der Waals surface area contributed by atoms with E-state index in [4.69, 9.17) is 0 Å². The zero-order chi connectivity index (χ0) is 21.1. The molecule has 1 N–H and O–H groups in total. The smallest absolute Gasteiger partial charge is 0.252 e. The molecule has 3 rings (SSSR count). The van der Waals surface area contributed by atoms with Gasteiger partial charge in [0.25, 0.3) is 10.0 Å². The molecule has 1 atom stereocenters. The fourth-order valence-corrected chi connectivity index (χ4v) is 6.35. The first-order chi connectivity index (χ1) is 13.7. The van der Waals surface area contributed by atoms with Crippen molar-refractivity contribution in [2.45, 2.75) is 50.3 Å². The number of thiophene rings is 1. The molecule has 1 unspecified atom stereocenters. The first-order valence-corrected chi connectivity index (χ1v) is 12.4. The van der Waals surface area contributed by atoms with Gasteiger partial charge in [0.15, 0.2) is 0 Å². The average molecular weight is 435 g/mol. The summed E-state index contributed by atoms with van der Waals surface area (Å²) in [6.45, 7) is 7.27. The van der Waals surface area contributed by atoms with E-state index in [2.05, 4.69) is 26.1 Å². The molecule has 1 saturated heterocycles. The SMILES string of the molecule is CC(C)(C)CC(NC(=O)C1CCN(S(=O)(=O)c2cccs2)CC1)c1ccccc1. The number of sulfonamides is 1. The summed E-state index contributed by atoms with van der Waals surface area (Å²) in [4.78, 5) is 13.0. The molecule has 1 aromatic heterocycles. The van der Waals surface area contributed by atoms with Gasteiger partial charge in [-0.25, -0.2) is 8.42 Å². The van der Waals surface area contributed by atoms with Crippen molar-refractivity contribution < 1.29 is 13.2 Å². The molecule has 1 amide bonds. The molecule has 1 aliphatic rings. The van der Waals surface area contributed by atoms with Gasteiger partial charge in [-0.3, -0.25) is 4.79 Å². The van der Waals surface area contributed by atoms with Crippen LogP contribution >= 0.6 is 11.3 Å². The highest BCUT2D eigenvalue weighted by Crippen LogP contribution is 2.31. The molecule has 1 fully saturated rings. The third kappa shape index (κ3) is 5.68. The summed E-state index contributed by atoms with van der Waals surface area (Å²) >= 11 is 1.23. The summed E-state index contributed by atoms with van der Waals surface area (Å²) in [7, 11) is -3.44. The van der Waals surface area contributed by atoms with E-state index in [0.717, 1.165) is 12.0 Å². The molecule has 0 radical (unpaired) electrons. The Morgan fingerprint density at radius 1 is 1.14 bits per heavy atom. The summed E-state index contributed by atoms with van der Waals surface area (Å²) in [5, 5.41) is 5.01. The average Bonchev–Trinajstić information content (AvgIpc) is 3.23. The van der Waals surface area contributed by atoms with Crippen LogP contribution in [0.15, 0.2) is 52.1 Å². The van der Waals surface area contributed by atoms with Crippen molar-refractivity contribution >= 4 is 27.3 Å². The van der Waals surface area contributed by atoms with Crippen molar-refractivity contribution in [2.75, 3.05) is 13.1 Å². The maximum absolute atomic E-state index is 13.0. The highest BCUT2D eigenvalue weighted by Gasteiger charge is 2.33. The number of hydrogen-bond acceptors (Lipinski definition) is 4. The van der Waals surface area contributed by atoms with Crippen LogP contribution in [0.25, 0.3) is 0 Å². The number of rotatable bonds is 6. The van der Waals surface area contributed by atoms with Gasteiger partial charge in [0.1, 0.15) is 4.21 Å². The van der Waals surface area contributed by atoms with E-state index in [0.29, 0.717) is 30.1 Å². The normalized spacial score (nSPS) is 17.8. The van der Waals surface area contributed by atoms with Crippen LogP contribution in [0.2, 0.25) is 0 Å². The number of carbonyl (C=O) groups excluding carboxylic acids is 1. The Labute approximate surface area is 178 Å². The molecular formula is C22H30N2O3S2. The van der Waals surface area contributed by atoms with Crippen LogP contribution in [0, 0.1) is 11.3 Å². The predicted molar refractivity (Wildman–Crippen MR) is 117 cm³/mol. The van der Waals surface area contributed by atoms with E-state index >= 15 is 0 Å². The fourth-order valence-electron chi connectivity index (χ4n) is 3.74. The molecule has 7 heteroatoms. The van der Waals surface area contributed by atoms with E-state index in [1.807, 2.05) is 30.3 Å². The zero-order valence-corrected chi connectivity index (χ0v) is 18.9. The summed E-state index contributed by atoms with van der Waals surface area (Å²) in [5.74, 6) is -0.132. The van der Waals surface area contributed by atoms with Gasteiger partial charge in [-0.2, -0.15) is 4.31 Å². The third-order valence-electron chi connectivity index (χ3n) is 5.25. The Bertz CT molecular complexity index is 895. The first-order valence-electron chi connectivity index (χ1n) is 10.1. The van der Waals surface area contributed by atoms with Crippen molar-refractivity contribution in [2.24, 2.45) is 11.3 Å². The van der Waals surface area contributed by atoms with Gasteiger partial charge < -0.3 is 5.32 Å². The lowest BCUT2D eigenvalue weighted by Crippen LogP contribution is -2.43. The molecule has 0 saturated carbocycles. The maximum atomic E-state index is 13.0. The van der Waals surface area contributed by atoms with Crippen LogP contribution in [0.5, 0.6) is 0 Å². The van der Waals surface area contributed by atoms with Gasteiger partial charge in [-0.05, 0) is 41.7 Å². The van der Waals surface area contributed by atoms with Crippen molar-refractivity contribution in [3.63, 3.8) is 0 Å². The molecule has 2 aromatic rings. The minimum Gasteiger partial charge on any atom is -0.349 e. The number of nitrogens with zero attached hydrogens (tertiary/aromatic N) is 1. The van der Waals surface area contributed by atoms with Crippen LogP contribution in [0.3, 0.4) is 0 Å². The summed E-state index contributed by atoms with van der Waals surface area (Å²) in [6, 6.07) is 13.4. The monoisotopic (exact) mass is 434 g/mol. The van der Waals surface area contributed by atoms with Crippen LogP contribution in [0.4, 0.5) is 0 Å². The van der Waals surface area contributed by atoms with Crippen LogP contribution in [0.1, 0.15) is 51.6 Å². The molecule has 2 heterocycles. The highest BCUT2D eigenvalue weighted by atomic mass is 32.2. The van der Waals surface area contributed by atoms with E-state index in [-0.39, 0.29) is 23.3 Å². The Balaban J connectivity index is 1.63.